The standard InChI is InChI=1S/C18H27NO/c1-17(2)14-10-15(16(20)11-14)18(17,3)19(4)12-13-8-6-5-7-9-13/h5-9,14-16,20H,10-12H2,1-4H3. The number of hydrogen-bond donors (Lipinski definition) is 1. The smallest absolute Gasteiger partial charge is 0.0589 e. The molecule has 0 radical (unpaired) electrons. The first kappa shape index (κ1) is 14.1. The highest BCUT2D eigenvalue weighted by Gasteiger charge is 2.64. The fourth-order valence-electron chi connectivity index (χ4n) is 4.90. The Morgan fingerprint density at radius 1 is 1.15 bits per heavy atom. The van der Waals surface area contributed by atoms with E-state index in [1.54, 1.807) is 0 Å². The minimum absolute atomic E-state index is 0.0746. The Kier molecular flexibility index (Phi) is 3.22. The van der Waals surface area contributed by atoms with E-state index in [-0.39, 0.29) is 17.1 Å². The molecular weight excluding hydrogens is 246 g/mol. The molecule has 1 aromatic carbocycles. The summed E-state index contributed by atoms with van der Waals surface area (Å²) < 4.78 is 0. The average molecular weight is 273 g/mol. The number of benzene rings is 1. The normalized spacial score (nSPS) is 38.6. The molecule has 2 nitrogen and oxygen atoms in total. The van der Waals surface area contributed by atoms with Gasteiger partial charge in [-0.05, 0) is 43.7 Å². The Morgan fingerprint density at radius 3 is 2.40 bits per heavy atom. The zero-order valence-electron chi connectivity index (χ0n) is 13.1. The van der Waals surface area contributed by atoms with Gasteiger partial charge in [0.1, 0.15) is 0 Å². The fourth-order valence-corrected chi connectivity index (χ4v) is 4.90. The molecule has 1 N–H and O–H groups in total. The molecule has 3 rings (SSSR count). The number of aliphatic hydroxyl groups is 1. The van der Waals surface area contributed by atoms with Crippen LogP contribution in [0.15, 0.2) is 30.3 Å². The second-order valence-electron chi connectivity index (χ2n) is 7.55. The van der Waals surface area contributed by atoms with E-state index in [1.165, 1.54) is 12.0 Å². The van der Waals surface area contributed by atoms with Crippen LogP contribution >= 0.6 is 0 Å². The summed E-state index contributed by atoms with van der Waals surface area (Å²) >= 11 is 0. The van der Waals surface area contributed by atoms with Crippen LogP contribution in [0.1, 0.15) is 39.2 Å². The van der Waals surface area contributed by atoms with Crippen LogP contribution in [0.5, 0.6) is 0 Å². The van der Waals surface area contributed by atoms with Crippen molar-refractivity contribution >= 4 is 0 Å². The lowest BCUT2D eigenvalue weighted by atomic mass is 9.62. The minimum atomic E-state index is -0.115. The third-order valence-electron chi connectivity index (χ3n) is 6.63. The van der Waals surface area contributed by atoms with Crippen molar-refractivity contribution in [2.45, 2.75) is 51.8 Å². The van der Waals surface area contributed by atoms with Gasteiger partial charge in [0, 0.05) is 18.0 Å². The summed E-state index contributed by atoms with van der Waals surface area (Å²) in [5, 5.41) is 10.4. The zero-order valence-corrected chi connectivity index (χ0v) is 13.1. The molecule has 0 heterocycles. The van der Waals surface area contributed by atoms with Crippen molar-refractivity contribution in [1.29, 1.82) is 0 Å². The number of rotatable bonds is 3. The monoisotopic (exact) mass is 273 g/mol. The van der Waals surface area contributed by atoms with Crippen LogP contribution in [0.25, 0.3) is 0 Å². The molecule has 110 valence electrons. The second-order valence-corrected chi connectivity index (χ2v) is 7.55. The molecule has 2 aliphatic rings. The maximum Gasteiger partial charge on any atom is 0.0589 e. The Morgan fingerprint density at radius 2 is 1.80 bits per heavy atom. The summed E-state index contributed by atoms with van der Waals surface area (Å²) in [4.78, 5) is 2.48. The van der Waals surface area contributed by atoms with E-state index in [0.29, 0.717) is 11.8 Å². The molecule has 0 amide bonds. The van der Waals surface area contributed by atoms with E-state index in [9.17, 15) is 5.11 Å². The van der Waals surface area contributed by atoms with Crippen molar-refractivity contribution in [1.82, 2.24) is 4.90 Å². The van der Waals surface area contributed by atoms with E-state index in [4.69, 9.17) is 0 Å². The lowest BCUT2D eigenvalue weighted by Crippen LogP contribution is -2.60. The molecule has 4 unspecified atom stereocenters. The predicted molar refractivity (Wildman–Crippen MR) is 82.3 cm³/mol. The first-order valence-electron chi connectivity index (χ1n) is 7.80. The van der Waals surface area contributed by atoms with Crippen molar-refractivity contribution in [3.63, 3.8) is 0 Å². The first-order valence-corrected chi connectivity index (χ1v) is 7.80. The number of aliphatic hydroxyl groups excluding tert-OH is 1. The molecular formula is C18H27NO. The molecule has 2 bridgehead atoms. The Hall–Kier alpha value is -0.860. The first-order chi connectivity index (χ1) is 9.37. The van der Waals surface area contributed by atoms with E-state index >= 15 is 0 Å². The summed E-state index contributed by atoms with van der Waals surface area (Å²) in [6, 6.07) is 10.7. The van der Waals surface area contributed by atoms with Crippen LogP contribution in [0.2, 0.25) is 0 Å². The van der Waals surface area contributed by atoms with Crippen molar-refractivity contribution < 1.29 is 5.11 Å². The molecule has 0 aromatic heterocycles. The van der Waals surface area contributed by atoms with Gasteiger partial charge in [0.05, 0.1) is 6.10 Å². The highest BCUT2D eigenvalue weighted by atomic mass is 16.3. The Bertz CT molecular complexity index is 483. The SMILES string of the molecule is CN(Cc1ccccc1)C1(C)C2CC(CC2O)C1(C)C. The summed E-state index contributed by atoms with van der Waals surface area (Å²) in [6.45, 7) is 8.11. The van der Waals surface area contributed by atoms with Crippen LogP contribution in [0.3, 0.4) is 0 Å². The molecule has 0 saturated heterocycles. The van der Waals surface area contributed by atoms with Crippen molar-refractivity contribution in [3.8, 4) is 0 Å². The van der Waals surface area contributed by atoms with Gasteiger partial charge in [0.15, 0.2) is 0 Å². The van der Waals surface area contributed by atoms with Gasteiger partial charge in [-0.3, -0.25) is 4.90 Å². The number of nitrogens with zero attached hydrogens (tertiary/aromatic N) is 1. The van der Waals surface area contributed by atoms with Gasteiger partial charge < -0.3 is 5.11 Å². The number of fused-ring (bicyclic) bond motifs is 2. The largest absolute Gasteiger partial charge is 0.393 e. The van der Waals surface area contributed by atoms with Gasteiger partial charge in [0.25, 0.3) is 0 Å². The van der Waals surface area contributed by atoms with E-state index < -0.39 is 0 Å². The fraction of sp³-hybridized carbons (Fsp3) is 0.667. The van der Waals surface area contributed by atoms with Gasteiger partial charge in [0.2, 0.25) is 0 Å². The molecule has 2 aliphatic carbocycles. The van der Waals surface area contributed by atoms with Crippen molar-refractivity contribution in [2.24, 2.45) is 17.3 Å². The number of hydrogen-bond acceptors (Lipinski definition) is 2. The molecule has 2 fully saturated rings. The second kappa shape index (κ2) is 4.57. The maximum atomic E-state index is 10.4. The third-order valence-corrected chi connectivity index (χ3v) is 6.63. The van der Waals surface area contributed by atoms with Gasteiger partial charge in [-0.2, -0.15) is 0 Å². The highest BCUT2D eigenvalue weighted by molar-refractivity contribution is 5.20. The summed E-state index contributed by atoms with van der Waals surface area (Å²) in [6.07, 6.45) is 2.06. The van der Waals surface area contributed by atoms with Crippen LogP contribution < -0.4 is 0 Å². The van der Waals surface area contributed by atoms with Gasteiger partial charge in [-0.25, -0.2) is 0 Å². The zero-order chi connectivity index (χ0) is 14.5. The van der Waals surface area contributed by atoms with E-state index in [1.807, 2.05) is 0 Å². The molecule has 2 saturated carbocycles. The molecule has 0 spiro atoms. The topological polar surface area (TPSA) is 23.5 Å². The van der Waals surface area contributed by atoms with Crippen molar-refractivity contribution in [3.05, 3.63) is 35.9 Å². The van der Waals surface area contributed by atoms with Gasteiger partial charge >= 0.3 is 0 Å². The lowest BCUT2D eigenvalue weighted by molar-refractivity contribution is -0.0826. The van der Waals surface area contributed by atoms with Crippen LogP contribution in [0, 0.1) is 17.3 Å². The van der Waals surface area contributed by atoms with E-state index in [0.717, 1.165) is 13.0 Å². The predicted octanol–water partition coefficient (Wildman–Crippen LogP) is 3.30. The maximum absolute atomic E-state index is 10.4. The molecule has 0 aliphatic heterocycles. The van der Waals surface area contributed by atoms with Gasteiger partial charge in [-0.1, -0.05) is 44.2 Å². The van der Waals surface area contributed by atoms with Crippen LogP contribution in [-0.4, -0.2) is 28.7 Å². The molecule has 2 heteroatoms. The quantitative estimate of drug-likeness (QED) is 0.913. The van der Waals surface area contributed by atoms with Crippen molar-refractivity contribution in [2.75, 3.05) is 7.05 Å². The summed E-state index contributed by atoms with van der Waals surface area (Å²) in [7, 11) is 2.22. The molecule has 1 aromatic rings. The molecule has 20 heavy (non-hydrogen) atoms. The Labute approximate surface area is 122 Å². The molecule has 4 atom stereocenters. The average Bonchev–Trinajstić information content (AvgIpc) is 2.88. The van der Waals surface area contributed by atoms with Gasteiger partial charge in [-0.15, -0.1) is 0 Å². The van der Waals surface area contributed by atoms with E-state index in [2.05, 4.69) is 63.1 Å². The lowest BCUT2D eigenvalue weighted by Gasteiger charge is -2.54. The van der Waals surface area contributed by atoms with Crippen LogP contribution in [0.4, 0.5) is 0 Å². The third kappa shape index (κ3) is 1.78. The van der Waals surface area contributed by atoms with Crippen LogP contribution in [-0.2, 0) is 6.54 Å². The summed E-state index contributed by atoms with van der Waals surface area (Å²) in [5.74, 6) is 1.07. The summed E-state index contributed by atoms with van der Waals surface area (Å²) in [5.41, 5.74) is 1.69. The minimum Gasteiger partial charge on any atom is -0.393 e. The highest BCUT2D eigenvalue weighted by Crippen LogP contribution is 2.63. The Balaban J connectivity index is 1.87.